The summed E-state index contributed by atoms with van der Waals surface area (Å²) in [4.78, 5) is 13.1. The second-order valence-corrected chi connectivity index (χ2v) is 6.39. The quantitative estimate of drug-likeness (QED) is 0.752. The van der Waals surface area contributed by atoms with Crippen molar-refractivity contribution in [2.45, 2.75) is 12.5 Å². The number of nitrogens with zero attached hydrogens (tertiary/aromatic N) is 1. The van der Waals surface area contributed by atoms with E-state index in [4.69, 9.17) is 4.74 Å². The molecular formula is C21H19NO3. The van der Waals surface area contributed by atoms with Crippen LogP contribution in [0.4, 0.5) is 4.79 Å². The normalized spacial score (nSPS) is 16.5. The number of carbonyl (C=O) groups is 1. The zero-order valence-corrected chi connectivity index (χ0v) is 14.0. The molecule has 0 aromatic heterocycles. The van der Waals surface area contributed by atoms with E-state index in [9.17, 15) is 9.90 Å². The topological polar surface area (TPSA) is 49.8 Å². The highest BCUT2D eigenvalue weighted by atomic mass is 16.5. The molecule has 1 amide bonds. The van der Waals surface area contributed by atoms with Crippen LogP contribution in [0.15, 0.2) is 60.7 Å². The summed E-state index contributed by atoms with van der Waals surface area (Å²) in [6.07, 6.45) is -0.890. The average molecular weight is 333 g/mol. The summed E-state index contributed by atoms with van der Waals surface area (Å²) in [5, 5.41) is 11.9. The Morgan fingerprint density at radius 2 is 1.88 bits per heavy atom. The van der Waals surface area contributed by atoms with E-state index in [1.165, 1.54) is 21.2 Å². The van der Waals surface area contributed by atoms with Crippen molar-refractivity contribution < 1.29 is 14.6 Å². The van der Waals surface area contributed by atoms with Crippen molar-refractivity contribution in [3.8, 4) is 5.75 Å². The number of carboxylic acid groups (broad SMARTS) is 1. The molecule has 0 fully saturated rings. The van der Waals surface area contributed by atoms with Crippen LogP contribution in [0.2, 0.25) is 0 Å². The fourth-order valence-electron chi connectivity index (χ4n) is 3.63. The summed E-state index contributed by atoms with van der Waals surface area (Å²) in [6.45, 7) is 0.860. The summed E-state index contributed by atoms with van der Waals surface area (Å²) in [5.74, 6) is 0.776. The molecule has 0 saturated carbocycles. The molecule has 1 N–H and O–H groups in total. The van der Waals surface area contributed by atoms with Gasteiger partial charge in [0.25, 0.3) is 0 Å². The standard InChI is InChI=1S/C21H19NO3/c1-25-18-8-9-19-17(11-18)12-22(21(23)24)13-20(19)16-7-6-14-4-2-3-5-15(14)10-16/h2-11,20H,12-13H2,1H3,(H,23,24)/t20-/m0/s1. The van der Waals surface area contributed by atoms with Gasteiger partial charge in [0.2, 0.25) is 0 Å². The SMILES string of the molecule is COc1ccc2c(c1)CN(C(=O)O)C[C@H]2c1ccc2ccccc2c1. The van der Waals surface area contributed by atoms with Crippen molar-refractivity contribution >= 4 is 16.9 Å². The van der Waals surface area contributed by atoms with E-state index in [1.54, 1.807) is 7.11 Å². The zero-order chi connectivity index (χ0) is 17.4. The molecule has 1 aliphatic rings. The monoisotopic (exact) mass is 333 g/mol. The van der Waals surface area contributed by atoms with Crippen LogP contribution in [0.5, 0.6) is 5.75 Å². The van der Waals surface area contributed by atoms with E-state index in [0.29, 0.717) is 13.1 Å². The van der Waals surface area contributed by atoms with Crippen LogP contribution in [-0.4, -0.2) is 29.8 Å². The first-order chi connectivity index (χ1) is 12.2. The number of hydrogen-bond acceptors (Lipinski definition) is 2. The van der Waals surface area contributed by atoms with E-state index in [2.05, 4.69) is 36.4 Å². The molecule has 4 heteroatoms. The maximum atomic E-state index is 11.6. The molecule has 0 saturated heterocycles. The first kappa shape index (κ1) is 15.5. The lowest BCUT2D eigenvalue weighted by Gasteiger charge is -2.33. The maximum Gasteiger partial charge on any atom is 0.407 e. The number of amides is 1. The molecular weight excluding hydrogens is 314 g/mol. The van der Waals surface area contributed by atoms with Crippen molar-refractivity contribution in [1.29, 1.82) is 0 Å². The van der Waals surface area contributed by atoms with Gasteiger partial charge in [-0.2, -0.15) is 0 Å². The molecule has 0 bridgehead atoms. The molecule has 3 aromatic rings. The molecule has 0 radical (unpaired) electrons. The molecule has 1 atom stereocenters. The van der Waals surface area contributed by atoms with Crippen molar-refractivity contribution in [3.63, 3.8) is 0 Å². The molecule has 126 valence electrons. The number of hydrogen-bond donors (Lipinski definition) is 1. The third-order valence-corrected chi connectivity index (χ3v) is 4.94. The van der Waals surface area contributed by atoms with Crippen LogP contribution in [-0.2, 0) is 6.54 Å². The maximum absolute atomic E-state index is 11.6. The van der Waals surface area contributed by atoms with E-state index >= 15 is 0 Å². The van der Waals surface area contributed by atoms with Crippen LogP contribution < -0.4 is 4.74 Å². The predicted molar refractivity (Wildman–Crippen MR) is 97.2 cm³/mol. The third-order valence-electron chi connectivity index (χ3n) is 4.94. The minimum absolute atomic E-state index is 0.0235. The first-order valence-electron chi connectivity index (χ1n) is 8.29. The number of ether oxygens (including phenoxy) is 1. The van der Waals surface area contributed by atoms with Crippen LogP contribution >= 0.6 is 0 Å². The fraction of sp³-hybridized carbons (Fsp3) is 0.190. The lowest BCUT2D eigenvalue weighted by atomic mass is 9.84. The highest BCUT2D eigenvalue weighted by Crippen LogP contribution is 2.36. The van der Waals surface area contributed by atoms with Gasteiger partial charge in [0.1, 0.15) is 5.75 Å². The largest absolute Gasteiger partial charge is 0.497 e. The number of fused-ring (bicyclic) bond motifs is 2. The van der Waals surface area contributed by atoms with E-state index in [0.717, 1.165) is 16.9 Å². The summed E-state index contributed by atoms with van der Waals surface area (Å²) < 4.78 is 5.31. The Labute approximate surface area is 146 Å². The molecule has 4 rings (SSSR count). The molecule has 0 unspecified atom stereocenters. The molecule has 3 aromatic carbocycles. The lowest BCUT2D eigenvalue weighted by molar-refractivity contribution is 0.137. The van der Waals surface area contributed by atoms with E-state index < -0.39 is 6.09 Å². The van der Waals surface area contributed by atoms with Gasteiger partial charge in [-0.1, -0.05) is 48.5 Å². The van der Waals surface area contributed by atoms with Gasteiger partial charge in [0.05, 0.1) is 7.11 Å². The van der Waals surface area contributed by atoms with Gasteiger partial charge in [0, 0.05) is 19.0 Å². The molecule has 25 heavy (non-hydrogen) atoms. The second kappa shape index (κ2) is 6.13. The van der Waals surface area contributed by atoms with Crippen molar-refractivity contribution in [2.75, 3.05) is 13.7 Å². The minimum Gasteiger partial charge on any atom is -0.497 e. The summed E-state index contributed by atoms with van der Waals surface area (Å²) in [5.41, 5.74) is 3.32. The van der Waals surface area contributed by atoms with E-state index in [-0.39, 0.29) is 5.92 Å². The van der Waals surface area contributed by atoms with Gasteiger partial charge in [-0.15, -0.1) is 0 Å². The van der Waals surface area contributed by atoms with E-state index in [1.807, 2.05) is 24.3 Å². The molecule has 0 spiro atoms. The van der Waals surface area contributed by atoms with Crippen molar-refractivity contribution in [2.24, 2.45) is 0 Å². The van der Waals surface area contributed by atoms with Crippen LogP contribution in [0.3, 0.4) is 0 Å². The second-order valence-electron chi connectivity index (χ2n) is 6.39. The smallest absolute Gasteiger partial charge is 0.407 e. The van der Waals surface area contributed by atoms with Crippen LogP contribution in [0.25, 0.3) is 10.8 Å². The summed E-state index contributed by atoms with van der Waals surface area (Å²) >= 11 is 0. The fourth-order valence-corrected chi connectivity index (χ4v) is 3.63. The van der Waals surface area contributed by atoms with Gasteiger partial charge in [-0.25, -0.2) is 4.79 Å². The Balaban J connectivity index is 1.83. The Hall–Kier alpha value is -3.01. The van der Waals surface area contributed by atoms with Gasteiger partial charge in [-0.3, -0.25) is 0 Å². The van der Waals surface area contributed by atoms with Gasteiger partial charge >= 0.3 is 6.09 Å². The molecule has 1 heterocycles. The van der Waals surface area contributed by atoms with Crippen molar-refractivity contribution in [1.82, 2.24) is 4.90 Å². The average Bonchev–Trinajstić information content (AvgIpc) is 2.66. The Morgan fingerprint density at radius 3 is 2.64 bits per heavy atom. The van der Waals surface area contributed by atoms with Crippen molar-refractivity contribution in [3.05, 3.63) is 77.4 Å². The molecule has 0 aliphatic carbocycles. The lowest BCUT2D eigenvalue weighted by Crippen LogP contribution is -2.37. The predicted octanol–water partition coefficient (Wildman–Crippen LogP) is 4.47. The highest BCUT2D eigenvalue weighted by molar-refractivity contribution is 5.83. The summed E-state index contributed by atoms with van der Waals surface area (Å²) in [7, 11) is 1.63. The zero-order valence-electron chi connectivity index (χ0n) is 14.0. The Kier molecular flexibility index (Phi) is 3.80. The Morgan fingerprint density at radius 1 is 1.08 bits per heavy atom. The van der Waals surface area contributed by atoms with Gasteiger partial charge < -0.3 is 14.7 Å². The molecule has 1 aliphatic heterocycles. The number of benzene rings is 3. The summed E-state index contributed by atoms with van der Waals surface area (Å²) in [6, 6.07) is 20.5. The first-order valence-corrected chi connectivity index (χ1v) is 8.29. The number of methoxy groups -OCH3 is 1. The van der Waals surface area contributed by atoms with Crippen LogP contribution in [0.1, 0.15) is 22.6 Å². The van der Waals surface area contributed by atoms with Gasteiger partial charge in [-0.05, 0) is 39.6 Å². The van der Waals surface area contributed by atoms with Crippen LogP contribution in [0, 0.1) is 0 Å². The minimum atomic E-state index is -0.890. The number of rotatable bonds is 2. The van der Waals surface area contributed by atoms with Gasteiger partial charge in [0.15, 0.2) is 0 Å². The highest BCUT2D eigenvalue weighted by Gasteiger charge is 2.29. The third kappa shape index (κ3) is 2.80. The molecule has 4 nitrogen and oxygen atoms in total. The Bertz CT molecular complexity index is 951.